The summed E-state index contributed by atoms with van der Waals surface area (Å²) >= 11 is 5.72. The molecular weight excluding hydrogens is 358 g/mol. The summed E-state index contributed by atoms with van der Waals surface area (Å²) in [4.78, 5) is 34.5. The summed E-state index contributed by atoms with van der Waals surface area (Å²) in [5.41, 5.74) is 1.75. The molecule has 136 valence electrons. The predicted octanol–water partition coefficient (Wildman–Crippen LogP) is 2.99. The van der Waals surface area contributed by atoms with Gasteiger partial charge in [-0.05, 0) is 31.5 Å². The maximum absolute atomic E-state index is 12.2. The average Bonchev–Trinajstić information content (AvgIpc) is 2.60. The zero-order valence-electron chi connectivity index (χ0n) is 14.3. The van der Waals surface area contributed by atoms with Gasteiger partial charge in [0, 0.05) is 18.2 Å². The van der Waals surface area contributed by atoms with Gasteiger partial charge in [0.05, 0.1) is 4.92 Å². The summed E-state index contributed by atoms with van der Waals surface area (Å²) in [5, 5.41) is 16.1. The maximum Gasteiger partial charge on any atom is 0.288 e. The third kappa shape index (κ3) is 5.03. The van der Waals surface area contributed by atoms with Crippen molar-refractivity contribution in [3.63, 3.8) is 0 Å². The number of hydrogen-bond acceptors (Lipinski definition) is 4. The van der Waals surface area contributed by atoms with E-state index in [2.05, 4.69) is 10.6 Å². The number of nitrogens with one attached hydrogen (secondary N) is 2. The molecule has 26 heavy (non-hydrogen) atoms. The first kappa shape index (κ1) is 19.4. The molecule has 0 bridgehead atoms. The van der Waals surface area contributed by atoms with Crippen LogP contribution in [0.25, 0.3) is 0 Å². The van der Waals surface area contributed by atoms with Gasteiger partial charge in [-0.3, -0.25) is 19.7 Å². The van der Waals surface area contributed by atoms with Crippen molar-refractivity contribution in [3.8, 4) is 0 Å². The van der Waals surface area contributed by atoms with Crippen molar-refractivity contribution in [2.24, 2.45) is 0 Å². The minimum Gasteiger partial charge on any atom is -0.350 e. The molecule has 0 heterocycles. The molecule has 0 fully saturated rings. The molecule has 7 nitrogen and oxygen atoms in total. The van der Waals surface area contributed by atoms with Gasteiger partial charge >= 0.3 is 0 Å². The molecule has 0 saturated carbocycles. The summed E-state index contributed by atoms with van der Waals surface area (Å²) in [6.07, 6.45) is 0. The number of hydrogen-bond donors (Lipinski definition) is 2. The van der Waals surface area contributed by atoms with Crippen LogP contribution in [0.5, 0.6) is 0 Å². The van der Waals surface area contributed by atoms with Crippen LogP contribution in [0.15, 0.2) is 42.5 Å². The van der Waals surface area contributed by atoms with E-state index in [9.17, 15) is 19.7 Å². The zero-order valence-corrected chi connectivity index (χ0v) is 15.0. The van der Waals surface area contributed by atoms with Crippen LogP contribution in [0.2, 0.25) is 5.02 Å². The number of halogens is 1. The molecule has 1 atom stereocenters. The lowest BCUT2D eigenvalue weighted by Gasteiger charge is -2.14. The molecule has 0 aliphatic carbocycles. The second-order valence-electron chi connectivity index (χ2n) is 5.82. The first-order valence-electron chi connectivity index (χ1n) is 7.86. The largest absolute Gasteiger partial charge is 0.350 e. The minimum absolute atomic E-state index is 0.0549. The Morgan fingerprint density at radius 2 is 1.85 bits per heavy atom. The lowest BCUT2D eigenvalue weighted by Crippen LogP contribution is -2.44. The third-order valence-electron chi connectivity index (χ3n) is 3.73. The Hall–Kier alpha value is -2.93. The second-order valence-corrected chi connectivity index (χ2v) is 6.23. The number of nitro benzene ring substituents is 1. The van der Waals surface area contributed by atoms with Gasteiger partial charge in [-0.1, -0.05) is 41.4 Å². The molecule has 2 amide bonds. The molecular formula is C18H18ClN3O4. The topological polar surface area (TPSA) is 101 Å². The average molecular weight is 376 g/mol. The van der Waals surface area contributed by atoms with E-state index in [0.717, 1.165) is 17.2 Å². The van der Waals surface area contributed by atoms with E-state index in [1.807, 2.05) is 31.2 Å². The van der Waals surface area contributed by atoms with Crippen molar-refractivity contribution in [3.05, 3.63) is 74.3 Å². The Labute approximate surface area is 155 Å². The molecule has 0 aliphatic rings. The van der Waals surface area contributed by atoms with E-state index in [0.29, 0.717) is 6.54 Å². The highest BCUT2D eigenvalue weighted by atomic mass is 35.5. The Bertz CT molecular complexity index is 837. The summed E-state index contributed by atoms with van der Waals surface area (Å²) < 4.78 is 0. The number of rotatable bonds is 6. The fourth-order valence-electron chi connectivity index (χ4n) is 2.19. The van der Waals surface area contributed by atoms with Crippen LogP contribution >= 0.6 is 11.6 Å². The van der Waals surface area contributed by atoms with Crippen LogP contribution < -0.4 is 10.6 Å². The standard InChI is InChI=1S/C18H18ClN3O4/c1-11-3-5-13(6-4-11)10-20-17(23)12(2)21-18(24)14-7-8-15(19)16(9-14)22(25)26/h3-9,12H,10H2,1-2H3,(H,20,23)(H,21,24)/t12-/m0/s1. The van der Waals surface area contributed by atoms with Gasteiger partial charge in [0.15, 0.2) is 0 Å². The normalized spacial score (nSPS) is 11.5. The Balaban J connectivity index is 1.95. The molecule has 0 spiro atoms. The van der Waals surface area contributed by atoms with Gasteiger partial charge in [0.25, 0.3) is 11.6 Å². The molecule has 0 aliphatic heterocycles. The van der Waals surface area contributed by atoms with Gasteiger partial charge in [-0.25, -0.2) is 0 Å². The fourth-order valence-corrected chi connectivity index (χ4v) is 2.37. The molecule has 2 N–H and O–H groups in total. The van der Waals surface area contributed by atoms with Gasteiger partial charge in [-0.2, -0.15) is 0 Å². The quantitative estimate of drug-likeness (QED) is 0.598. The number of carbonyl (C=O) groups excluding carboxylic acids is 2. The summed E-state index contributed by atoms with van der Waals surface area (Å²) in [7, 11) is 0. The Morgan fingerprint density at radius 3 is 2.46 bits per heavy atom. The van der Waals surface area contributed by atoms with Crippen molar-refractivity contribution in [2.75, 3.05) is 0 Å². The molecule has 0 aromatic heterocycles. The van der Waals surface area contributed by atoms with Gasteiger partial charge < -0.3 is 10.6 Å². The highest BCUT2D eigenvalue weighted by molar-refractivity contribution is 6.32. The molecule has 0 unspecified atom stereocenters. The SMILES string of the molecule is Cc1ccc(CNC(=O)[C@H](C)NC(=O)c2ccc(Cl)c([N+](=O)[O-])c2)cc1. The van der Waals surface area contributed by atoms with Gasteiger partial charge in [0.1, 0.15) is 11.1 Å². The summed E-state index contributed by atoms with van der Waals surface area (Å²) in [5.74, 6) is -0.954. The summed E-state index contributed by atoms with van der Waals surface area (Å²) in [6.45, 7) is 3.85. The number of benzene rings is 2. The first-order valence-corrected chi connectivity index (χ1v) is 8.24. The van der Waals surface area contributed by atoms with Crippen LogP contribution in [0, 0.1) is 17.0 Å². The zero-order chi connectivity index (χ0) is 19.3. The van der Waals surface area contributed by atoms with E-state index >= 15 is 0 Å². The molecule has 8 heteroatoms. The smallest absolute Gasteiger partial charge is 0.288 e. The Kier molecular flexibility index (Phi) is 6.30. The van der Waals surface area contributed by atoms with Crippen LogP contribution in [0.4, 0.5) is 5.69 Å². The molecule has 2 rings (SSSR count). The number of carbonyl (C=O) groups is 2. The predicted molar refractivity (Wildman–Crippen MR) is 98.1 cm³/mol. The van der Waals surface area contributed by atoms with Crippen LogP contribution in [0.1, 0.15) is 28.4 Å². The van der Waals surface area contributed by atoms with Crippen molar-refractivity contribution in [2.45, 2.75) is 26.4 Å². The monoisotopic (exact) mass is 375 g/mol. The molecule has 0 saturated heterocycles. The van der Waals surface area contributed by atoms with Gasteiger partial charge in [-0.15, -0.1) is 0 Å². The van der Waals surface area contributed by atoms with E-state index in [4.69, 9.17) is 11.6 Å². The number of nitrogens with zero attached hydrogens (tertiary/aromatic N) is 1. The molecule has 2 aromatic rings. The lowest BCUT2D eigenvalue weighted by molar-refractivity contribution is -0.384. The second kappa shape index (κ2) is 8.44. The van der Waals surface area contributed by atoms with Crippen molar-refractivity contribution in [1.29, 1.82) is 0 Å². The number of nitro groups is 1. The summed E-state index contributed by atoms with van der Waals surface area (Å²) in [6, 6.07) is 10.6. The van der Waals surface area contributed by atoms with Crippen LogP contribution in [-0.2, 0) is 11.3 Å². The van der Waals surface area contributed by atoms with Crippen LogP contribution in [0.3, 0.4) is 0 Å². The minimum atomic E-state index is -0.803. The van der Waals surface area contributed by atoms with Crippen molar-refractivity contribution < 1.29 is 14.5 Å². The first-order chi connectivity index (χ1) is 12.3. The van der Waals surface area contributed by atoms with Crippen molar-refractivity contribution >= 4 is 29.1 Å². The highest BCUT2D eigenvalue weighted by Gasteiger charge is 2.20. The van der Waals surface area contributed by atoms with E-state index in [1.165, 1.54) is 19.1 Å². The fraction of sp³-hybridized carbons (Fsp3) is 0.222. The lowest BCUT2D eigenvalue weighted by atomic mass is 10.1. The highest BCUT2D eigenvalue weighted by Crippen LogP contribution is 2.25. The van der Waals surface area contributed by atoms with E-state index < -0.39 is 16.9 Å². The molecule has 2 aromatic carbocycles. The third-order valence-corrected chi connectivity index (χ3v) is 4.05. The van der Waals surface area contributed by atoms with Gasteiger partial charge in [0.2, 0.25) is 5.91 Å². The Morgan fingerprint density at radius 1 is 1.19 bits per heavy atom. The van der Waals surface area contributed by atoms with Crippen molar-refractivity contribution in [1.82, 2.24) is 10.6 Å². The molecule has 0 radical (unpaired) electrons. The number of aryl methyl sites for hydroxylation is 1. The van der Waals surface area contributed by atoms with E-state index in [1.54, 1.807) is 0 Å². The van der Waals surface area contributed by atoms with E-state index in [-0.39, 0.29) is 22.2 Å². The maximum atomic E-state index is 12.2. The number of amides is 2. The van der Waals surface area contributed by atoms with Crippen LogP contribution in [-0.4, -0.2) is 22.8 Å².